The maximum Gasteiger partial charge on any atom is 0.425 e. The van der Waals surface area contributed by atoms with Gasteiger partial charge in [0.2, 0.25) is 11.8 Å². The van der Waals surface area contributed by atoms with Crippen LogP contribution in [0.1, 0.15) is 83.8 Å². The molecule has 13 nitrogen and oxygen atoms in total. The number of fused-ring (bicyclic) bond motifs is 2. The van der Waals surface area contributed by atoms with Gasteiger partial charge < -0.3 is 24.4 Å². The van der Waals surface area contributed by atoms with Crippen LogP contribution in [0.3, 0.4) is 0 Å². The first-order valence-electron chi connectivity index (χ1n) is 20.5. The van der Waals surface area contributed by atoms with E-state index in [1.807, 2.05) is 45.0 Å². The van der Waals surface area contributed by atoms with Gasteiger partial charge in [-0.05, 0) is 97.6 Å². The van der Waals surface area contributed by atoms with Crippen LogP contribution in [-0.2, 0) is 19.1 Å². The molecule has 2 aliphatic carbocycles. The van der Waals surface area contributed by atoms with Crippen LogP contribution in [-0.4, -0.2) is 91.3 Å². The summed E-state index contributed by atoms with van der Waals surface area (Å²) in [6, 6.07) is 13.7. The van der Waals surface area contributed by atoms with Crippen molar-refractivity contribution in [3.63, 3.8) is 0 Å². The van der Waals surface area contributed by atoms with Gasteiger partial charge in [0.05, 0.1) is 33.3 Å². The third kappa shape index (κ3) is 8.00. The normalized spacial score (nSPS) is 23.9. The molecule has 7 rings (SSSR count). The molecule has 5 aliphatic rings. The summed E-state index contributed by atoms with van der Waals surface area (Å²) in [4.78, 5) is 63.3. The fourth-order valence-corrected chi connectivity index (χ4v) is 9.78. The molecule has 3 heterocycles. The first-order valence-corrected chi connectivity index (χ1v) is 20.5. The number of aliphatic imine (C=N–C) groups is 2. The second kappa shape index (κ2) is 17.2. The highest BCUT2D eigenvalue weighted by Gasteiger charge is 2.54. The minimum absolute atomic E-state index is 0.0505. The minimum Gasteiger partial charge on any atom is -0.496 e. The number of benzene rings is 2. The number of likely N-dealkylation sites (tertiary alicyclic amines) is 1. The second-order valence-corrected chi connectivity index (χ2v) is 16.7. The molecule has 308 valence electrons. The number of carbonyl (C=O) groups is 4. The lowest BCUT2D eigenvalue weighted by molar-refractivity contribution is -0.143. The zero-order valence-electron chi connectivity index (χ0n) is 34.6. The fourth-order valence-electron chi connectivity index (χ4n) is 9.78. The van der Waals surface area contributed by atoms with Gasteiger partial charge in [-0.2, -0.15) is 0 Å². The first kappa shape index (κ1) is 40.7. The minimum atomic E-state index is -0.678. The highest BCUT2D eigenvalue weighted by Crippen LogP contribution is 2.54. The zero-order valence-corrected chi connectivity index (χ0v) is 34.6. The summed E-state index contributed by atoms with van der Waals surface area (Å²) in [7, 11) is 4.27. The lowest BCUT2D eigenvalue weighted by Gasteiger charge is -2.36. The van der Waals surface area contributed by atoms with Crippen LogP contribution < -0.4 is 15.5 Å². The van der Waals surface area contributed by atoms with Gasteiger partial charge in [-0.15, -0.1) is 0 Å². The van der Waals surface area contributed by atoms with Crippen molar-refractivity contribution in [1.82, 2.24) is 20.7 Å². The van der Waals surface area contributed by atoms with Gasteiger partial charge in [0, 0.05) is 60.7 Å². The molecule has 2 aromatic carbocycles. The average Bonchev–Trinajstić information content (AvgIpc) is 4.09. The lowest BCUT2D eigenvalue weighted by Crippen LogP contribution is -2.54. The maximum absolute atomic E-state index is 14.0. The molecule has 2 N–H and O–H groups in total. The Morgan fingerprint density at radius 3 is 2.14 bits per heavy atom. The molecule has 58 heavy (non-hydrogen) atoms. The lowest BCUT2D eigenvalue weighted by atomic mass is 9.74. The molecule has 3 unspecified atom stereocenters. The van der Waals surface area contributed by atoms with Crippen LogP contribution in [0.25, 0.3) is 22.3 Å². The summed E-state index contributed by atoms with van der Waals surface area (Å²) >= 11 is 0. The zero-order chi connectivity index (χ0) is 41.2. The third-order valence-electron chi connectivity index (χ3n) is 12.7. The number of nitrogens with one attached hydrogen (secondary N) is 2. The Morgan fingerprint density at radius 2 is 1.45 bits per heavy atom. The van der Waals surface area contributed by atoms with Crippen LogP contribution in [0.4, 0.5) is 9.59 Å². The number of alkyl carbamates (subject to hydrolysis) is 1. The number of carbonyl (C=O) groups excluding carboxylic acids is 4. The van der Waals surface area contributed by atoms with Gasteiger partial charge in [0.1, 0.15) is 11.8 Å². The van der Waals surface area contributed by atoms with E-state index in [2.05, 4.69) is 53.2 Å². The Kier molecular flexibility index (Phi) is 12.1. The highest BCUT2D eigenvalue weighted by atomic mass is 16.5. The number of rotatable bonds is 11. The quantitative estimate of drug-likeness (QED) is 0.227. The number of methoxy groups -OCH3 is 3. The Hall–Kier alpha value is -5.46. The van der Waals surface area contributed by atoms with E-state index in [9.17, 15) is 19.2 Å². The van der Waals surface area contributed by atoms with Crippen LogP contribution in [0, 0.1) is 29.6 Å². The van der Waals surface area contributed by atoms with E-state index < -0.39 is 18.2 Å². The number of nitrogens with zero attached hydrogens (tertiary/aromatic N) is 4. The first-order chi connectivity index (χ1) is 27.9. The molecule has 0 spiro atoms. The van der Waals surface area contributed by atoms with Crippen LogP contribution >= 0.6 is 0 Å². The number of hydrogen-bond acceptors (Lipinski definition) is 9. The molecule has 3 aliphatic heterocycles. The number of hydrazine groups is 1. The molecule has 13 heteroatoms. The molecule has 3 fully saturated rings. The molecule has 0 radical (unpaired) electrons. The second-order valence-electron chi connectivity index (χ2n) is 16.7. The van der Waals surface area contributed by atoms with Gasteiger partial charge in [0.15, 0.2) is 0 Å². The molecule has 6 atom stereocenters. The maximum atomic E-state index is 14.0. The smallest absolute Gasteiger partial charge is 0.425 e. The Bertz CT molecular complexity index is 2050. The predicted octanol–water partition coefficient (Wildman–Crippen LogP) is 7.28. The topological polar surface area (TPSA) is 151 Å². The molecule has 1 saturated heterocycles. The Labute approximate surface area is 340 Å². The van der Waals surface area contributed by atoms with E-state index in [-0.39, 0.29) is 47.6 Å². The monoisotopic (exact) mass is 792 g/mol. The van der Waals surface area contributed by atoms with E-state index in [1.54, 1.807) is 7.11 Å². The van der Waals surface area contributed by atoms with Crippen LogP contribution in [0.15, 0.2) is 64.8 Å². The van der Waals surface area contributed by atoms with Crippen molar-refractivity contribution >= 4 is 46.6 Å². The van der Waals surface area contributed by atoms with Crippen LogP contribution in [0.5, 0.6) is 5.75 Å². The SMILES string of the molecule is COC(=O)N[C@H](C(=O)N1CCC[C@H]1C1=NC=C(c2ccc(-c3ccc(C4=CN=C(C5C6CCC(C6)[C@H]5C(=O)N(NC(=O)OC)C(C)C)C4)cc3)cc2OC)C1)C(C)C. The molecular formula is C45H56N6O7. The molecule has 2 saturated carbocycles. The molecule has 2 aromatic rings. The van der Waals surface area contributed by atoms with Gasteiger partial charge in [-0.25, -0.2) is 20.0 Å². The van der Waals surface area contributed by atoms with Gasteiger partial charge >= 0.3 is 12.2 Å². The molecule has 4 amide bonds. The van der Waals surface area contributed by atoms with Crippen molar-refractivity contribution < 1.29 is 33.4 Å². The Morgan fingerprint density at radius 1 is 0.793 bits per heavy atom. The summed E-state index contributed by atoms with van der Waals surface area (Å²) in [5.74, 6) is 1.000. The van der Waals surface area contributed by atoms with Crippen LogP contribution in [0.2, 0.25) is 0 Å². The number of amides is 4. The average molecular weight is 793 g/mol. The van der Waals surface area contributed by atoms with Crippen molar-refractivity contribution in [3.8, 4) is 16.9 Å². The van der Waals surface area contributed by atoms with Gasteiger partial charge in [-0.3, -0.25) is 19.6 Å². The molecule has 2 bridgehead atoms. The third-order valence-corrected chi connectivity index (χ3v) is 12.7. The summed E-state index contributed by atoms with van der Waals surface area (Å²) < 4.78 is 15.5. The van der Waals surface area contributed by atoms with Gasteiger partial charge in [-0.1, -0.05) is 50.2 Å². The summed E-state index contributed by atoms with van der Waals surface area (Å²) in [5.41, 5.74) is 10.9. The number of hydrogen-bond donors (Lipinski definition) is 2. The van der Waals surface area contributed by atoms with Crippen molar-refractivity contribution in [2.45, 2.75) is 90.8 Å². The largest absolute Gasteiger partial charge is 0.496 e. The van der Waals surface area contributed by atoms with E-state index in [0.29, 0.717) is 25.3 Å². The number of allylic oxidation sites excluding steroid dienone is 2. The van der Waals surface area contributed by atoms with Crippen molar-refractivity contribution in [3.05, 3.63) is 66.0 Å². The highest BCUT2D eigenvalue weighted by molar-refractivity contribution is 6.05. The van der Waals surface area contributed by atoms with E-state index in [0.717, 1.165) is 82.7 Å². The van der Waals surface area contributed by atoms with Crippen molar-refractivity contribution in [2.24, 2.45) is 39.6 Å². The Balaban J connectivity index is 0.995. The standard InChI is InChI=1S/C45H56N6O7/c1-25(2)41(48-44(54)57-6)43(53)50-18-8-9-37(50)35-21-33(24-46-35)34-17-16-29(22-38(34)56-5)27-10-12-28(13-11-27)32-20-36(47-23-32)39-30-14-15-31(19-30)40(39)42(52)51(26(3)4)49-45(55)58-7/h10-13,16-17,22-26,30-31,37,39-41H,8-9,14-15,18-21H2,1-7H3,(H,48,54)(H,49,55)/t30?,31?,37-,39?,40+,41-/m0/s1. The fraction of sp³-hybridized carbons (Fsp3) is 0.511. The summed E-state index contributed by atoms with van der Waals surface area (Å²) in [5, 5.41) is 4.16. The van der Waals surface area contributed by atoms with E-state index in [4.69, 9.17) is 24.2 Å². The van der Waals surface area contributed by atoms with Gasteiger partial charge in [0.25, 0.3) is 0 Å². The summed E-state index contributed by atoms with van der Waals surface area (Å²) in [6.07, 6.45) is 8.69. The summed E-state index contributed by atoms with van der Waals surface area (Å²) in [6.45, 7) is 8.22. The van der Waals surface area contributed by atoms with E-state index >= 15 is 0 Å². The van der Waals surface area contributed by atoms with Crippen molar-refractivity contribution in [1.29, 1.82) is 0 Å². The van der Waals surface area contributed by atoms with E-state index in [1.165, 1.54) is 19.2 Å². The molecule has 0 aromatic heterocycles. The van der Waals surface area contributed by atoms with Crippen molar-refractivity contribution in [2.75, 3.05) is 27.9 Å². The predicted molar refractivity (Wildman–Crippen MR) is 223 cm³/mol. The molecular weight excluding hydrogens is 737 g/mol. The number of ether oxygens (including phenoxy) is 3.